The molecule has 0 bridgehead atoms. The molecule has 4 nitrogen and oxygen atoms in total. The van der Waals surface area contributed by atoms with Gasteiger partial charge in [-0.15, -0.1) is 23.1 Å². The minimum absolute atomic E-state index is 0.234. The highest BCUT2D eigenvalue weighted by molar-refractivity contribution is 8.00. The zero-order valence-electron chi connectivity index (χ0n) is 7.97. The Kier molecular flexibility index (Phi) is 4.16. The highest BCUT2D eigenvalue weighted by atomic mass is 32.2. The van der Waals surface area contributed by atoms with E-state index in [1.807, 2.05) is 0 Å². The first-order chi connectivity index (χ1) is 7.04. The van der Waals surface area contributed by atoms with Gasteiger partial charge in [-0.3, -0.25) is 4.79 Å². The molecule has 1 aromatic heterocycles. The van der Waals surface area contributed by atoms with Crippen LogP contribution in [0.25, 0.3) is 0 Å². The van der Waals surface area contributed by atoms with Crippen molar-refractivity contribution >= 4 is 35.0 Å². The second-order valence-corrected chi connectivity index (χ2v) is 4.99. The fourth-order valence-corrected chi connectivity index (χ4v) is 2.80. The first kappa shape index (κ1) is 12.1. The number of carboxylic acid groups (broad SMARTS) is 2. The second kappa shape index (κ2) is 5.18. The summed E-state index contributed by atoms with van der Waals surface area (Å²) in [6.07, 6.45) is 0.512. The largest absolute Gasteiger partial charge is 0.480 e. The minimum Gasteiger partial charge on any atom is -0.480 e. The molecule has 0 saturated heterocycles. The van der Waals surface area contributed by atoms with Crippen LogP contribution in [0.1, 0.15) is 23.0 Å². The summed E-state index contributed by atoms with van der Waals surface area (Å²) in [7, 11) is 0. The van der Waals surface area contributed by atoms with Gasteiger partial charge in [-0.25, -0.2) is 4.79 Å². The Bertz CT molecular complexity index is 372. The monoisotopic (exact) mass is 246 g/mol. The highest BCUT2D eigenvalue weighted by Gasteiger charge is 2.17. The Hall–Kier alpha value is -1.01. The Morgan fingerprint density at radius 3 is 2.60 bits per heavy atom. The van der Waals surface area contributed by atoms with Crippen molar-refractivity contribution in [2.75, 3.05) is 0 Å². The second-order valence-electron chi connectivity index (χ2n) is 2.80. The SMILES string of the molecule is CCC(Sc1csc(C(=O)O)c1)C(=O)O. The highest BCUT2D eigenvalue weighted by Crippen LogP contribution is 2.29. The average molecular weight is 246 g/mol. The van der Waals surface area contributed by atoms with Gasteiger partial charge in [-0.05, 0) is 12.5 Å². The number of aliphatic carboxylic acids is 1. The van der Waals surface area contributed by atoms with E-state index in [9.17, 15) is 9.59 Å². The van der Waals surface area contributed by atoms with E-state index in [0.717, 1.165) is 11.3 Å². The summed E-state index contributed by atoms with van der Waals surface area (Å²) in [5, 5.41) is 18.7. The Balaban J connectivity index is 2.71. The van der Waals surface area contributed by atoms with Crippen molar-refractivity contribution in [1.82, 2.24) is 0 Å². The zero-order chi connectivity index (χ0) is 11.4. The number of carbonyl (C=O) groups is 2. The lowest BCUT2D eigenvalue weighted by molar-refractivity contribution is -0.136. The Labute approximate surface area is 94.9 Å². The van der Waals surface area contributed by atoms with E-state index < -0.39 is 17.2 Å². The van der Waals surface area contributed by atoms with Gasteiger partial charge in [0.25, 0.3) is 0 Å². The molecule has 1 rings (SSSR count). The maximum absolute atomic E-state index is 10.7. The predicted molar refractivity (Wildman–Crippen MR) is 58.9 cm³/mol. The molecule has 0 aliphatic rings. The molecule has 1 atom stereocenters. The summed E-state index contributed by atoms with van der Waals surface area (Å²) in [6, 6.07) is 1.50. The molecule has 1 aromatic rings. The third-order valence-corrected chi connectivity index (χ3v) is 4.11. The van der Waals surface area contributed by atoms with Gasteiger partial charge < -0.3 is 10.2 Å². The van der Waals surface area contributed by atoms with Crippen LogP contribution in [-0.4, -0.2) is 27.4 Å². The van der Waals surface area contributed by atoms with Crippen LogP contribution in [-0.2, 0) is 4.79 Å². The molecule has 0 saturated carbocycles. The molecule has 15 heavy (non-hydrogen) atoms. The van der Waals surface area contributed by atoms with Gasteiger partial charge >= 0.3 is 11.9 Å². The summed E-state index contributed by atoms with van der Waals surface area (Å²) in [5.74, 6) is -1.85. The van der Waals surface area contributed by atoms with E-state index in [0.29, 0.717) is 11.3 Å². The van der Waals surface area contributed by atoms with Crippen LogP contribution in [0, 0.1) is 0 Å². The number of thiophene rings is 1. The van der Waals surface area contributed by atoms with E-state index in [1.54, 1.807) is 12.3 Å². The maximum atomic E-state index is 10.7. The molecule has 0 fully saturated rings. The van der Waals surface area contributed by atoms with Gasteiger partial charge in [-0.1, -0.05) is 6.92 Å². The zero-order valence-corrected chi connectivity index (χ0v) is 9.60. The molecular weight excluding hydrogens is 236 g/mol. The number of rotatable bonds is 5. The standard InChI is InChI=1S/C9H10O4S2/c1-2-6(8(10)11)15-5-3-7(9(12)13)14-4-5/h3-4,6H,2H2,1H3,(H,10,11)(H,12,13). The minimum atomic E-state index is -0.977. The van der Waals surface area contributed by atoms with Crippen molar-refractivity contribution in [3.63, 3.8) is 0 Å². The fraction of sp³-hybridized carbons (Fsp3) is 0.333. The molecule has 1 heterocycles. The number of hydrogen-bond acceptors (Lipinski definition) is 4. The molecule has 0 aliphatic heterocycles. The number of aromatic carboxylic acids is 1. The molecule has 2 N–H and O–H groups in total. The van der Waals surface area contributed by atoms with Gasteiger partial charge in [-0.2, -0.15) is 0 Å². The van der Waals surface area contributed by atoms with Crippen molar-refractivity contribution in [3.8, 4) is 0 Å². The fourth-order valence-electron chi connectivity index (χ4n) is 0.965. The quantitative estimate of drug-likeness (QED) is 0.780. The number of hydrogen-bond donors (Lipinski definition) is 2. The summed E-state index contributed by atoms with van der Waals surface area (Å²) >= 11 is 2.29. The van der Waals surface area contributed by atoms with Crippen LogP contribution >= 0.6 is 23.1 Å². The van der Waals surface area contributed by atoms with E-state index >= 15 is 0 Å². The van der Waals surface area contributed by atoms with Crippen LogP contribution in [0.3, 0.4) is 0 Å². The van der Waals surface area contributed by atoms with Gasteiger partial charge in [0, 0.05) is 10.3 Å². The van der Waals surface area contributed by atoms with Crippen LogP contribution in [0.4, 0.5) is 0 Å². The lowest BCUT2D eigenvalue weighted by atomic mass is 10.3. The number of thioether (sulfide) groups is 1. The molecular formula is C9H10O4S2. The average Bonchev–Trinajstić information content (AvgIpc) is 2.61. The molecule has 82 valence electrons. The van der Waals surface area contributed by atoms with Crippen molar-refractivity contribution in [1.29, 1.82) is 0 Å². The lowest BCUT2D eigenvalue weighted by Gasteiger charge is -2.06. The van der Waals surface area contributed by atoms with Crippen molar-refractivity contribution < 1.29 is 19.8 Å². The first-order valence-electron chi connectivity index (χ1n) is 4.26. The van der Waals surface area contributed by atoms with Crippen LogP contribution in [0.5, 0.6) is 0 Å². The Morgan fingerprint density at radius 1 is 1.53 bits per heavy atom. The van der Waals surface area contributed by atoms with Crippen LogP contribution in [0.2, 0.25) is 0 Å². The summed E-state index contributed by atoms with van der Waals surface area (Å²) in [6.45, 7) is 1.79. The summed E-state index contributed by atoms with van der Waals surface area (Å²) in [5.41, 5.74) is 0. The topological polar surface area (TPSA) is 74.6 Å². The van der Waals surface area contributed by atoms with Crippen molar-refractivity contribution in [2.45, 2.75) is 23.5 Å². The van der Waals surface area contributed by atoms with Crippen molar-refractivity contribution in [2.24, 2.45) is 0 Å². The molecule has 0 spiro atoms. The van der Waals surface area contributed by atoms with E-state index in [2.05, 4.69) is 0 Å². The number of carboxylic acids is 2. The summed E-state index contributed by atoms with van der Waals surface area (Å²) < 4.78 is 0. The summed E-state index contributed by atoms with van der Waals surface area (Å²) in [4.78, 5) is 22.3. The first-order valence-corrected chi connectivity index (χ1v) is 6.01. The molecule has 0 radical (unpaired) electrons. The molecule has 1 unspecified atom stereocenters. The van der Waals surface area contributed by atoms with Crippen molar-refractivity contribution in [3.05, 3.63) is 16.3 Å². The normalized spacial score (nSPS) is 12.3. The predicted octanol–water partition coefficient (Wildman–Crippen LogP) is 2.40. The van der Waals surface area contributed by atoms with Gasteiger partial charge in [0.1, 0.15) is 10.1 Å². The smallest absolute Gasteiger partial charge is 0.345 e. The lowest BCUT2D eigenvalue weighted by Crippen LogP contribution is -2.14. The maximum Gasteiger partial charge on any atom is 0.345 e. The van der Waals surface area contributed by atoms with E-state index in [4.69, 9.17) is 10.2 Å². The Morgan fingerprint density at radius 2 is 2.20 bits per heavy atom. The molecule has 0 aromatic carbocycles. The van der Waals surface area contributed by atoms with Crippen LogP contribution < -0.4 is 0 Å². The van der Waals surface area contributed by atoms with Gasteiger partial charge in [0.15, 0.2) is 0 Å². The third-order valence-electron chi connectivity index (χ3n) is 1.71. The van der Waals surface area contributed by atoms with E-state index in [1.165, 1.54) is 17.8 Å². The van der Waals surface area contributed by atoms with E-state index in [-0.39, 0.29) is 4.88 Å². The molecule has 6 heteroatoms. The molecule has 0 amide bonds. The van der Waals surface area contributed by atoms with Crippen LogP contribution in [0.15, 0.2) is 16.3 Å². The van der Waals surface area contributed by atoms with Gasteiger partial charge in [0.2, 0.25) is 0 Å². The van der Waals surface area contributed by atoms with Gasteiger partial charge in [0.05, 0.1) is 0 Å². The molecule has 0 aliphatic carbocycles. The third kappa shape index (κ3) is 3.24.